The van der Waals surface area contributed by atoms with E-state index in [-0.39, 0.29) is 11.1 Å². The van der Waals surface area contributed by atoms with Crippen molar-refractivity contribution in [3.05, 3.63) is 40.2 Å². The summed E-state index contributed by atoms with van der Waals surface area (Å²) in [6.45, 7) is 0. The van der Waals surface area contributed by atoms with Crippen LogP contribution in [0, 0.1) is 0 Å². The third-order valence-corrected chi connectivity index (χ3v) is 2.70. The maximum atomic E-state index is 11.7. The number of fused-ring (bicyclic) bond motifs is 1. The Morgan fingerprint density at radius 3 is 2.59 bits per heavy atom. The molecular formula is C12H12N2O3. The van der Waals surface area contributed by atoms with Gasteiger partial charge in [0, 0.05) is 18.8 Å². The summed E-state index contributed by atoms with van der Waals surface area (Å²) in [6.07, 6.45) is 0. The Morgan fingerprint density at radius 1 is 1.29 bits per heavy atom. The maximum absolute atomic E-state index is 11.7. The van der Waals surface area contributed by atoms with Gasteiger partial charge in [-0.3, -0.25) is 4.79 Å². The van der Waals surface area contributed by atoms with Crippen molar-refractivity contribution in [3.63, 3.8) is 0 Å². The van der Waals surface area contributed by atoms with Crippen molar-refractivity contribution in [1.29, 1.82) is 0 Å². The van der Waals surface area contributed by atoms with Crippen LogP contribution in [0.4, 0.5) is 5.69 Å². The van der Waals surface area contributed by atoms with E-state index in [1.54, 1.807) is 25.2 Å². The molecule has 2 rings (SSSR count). The Hall–Kier alpha value is -2.30. The Morgan fingerprint density at radius 2 is 1.94 bits per heavy atom. The number of carbonyl (C=O) groups is 1. The first-order chi connectivity index (χ1) is 8.06. The lowest BCUT2D eigenvalue weighted by molar-refractivity contribution is 0.0603. The third-order valence-electron chi connectivity index (χ3n) is 2.70. The monoisotopic (exact) mass is 232 g/mol. The molecule has 0 bridgehead atoms. The number of pyridine rings is 1. The molecule has 5 heteroatoms. The first-order valence-electron chi connectivity index (χ1n) is 5.03. The molecule has 0 radical (unpaired) electrons. The number of carbonyl (C=O) groups excluding carboxylic acids is 1. The zero-order valence-electron chi connectivity index (χ0n) is 9.56. The lowest BCUT2D eigenvalue weighted by Crippen LogP contribution is -2.18. The summed E-state index contributed by atoms with van der Waals surface area (Å²) in [6, 6.07) is 6.48. The zero-order chi connectivity index (χ0) is 12.6. The number of aromatic nitrogens is 1. The number of aryl methyl sites for hydroxylation is 1. The van der Waals surface area contributed by atoms with Gasteiger partial charge in [0.25, 0.3) is 5.56 Å². The Labute approximate surface area is 97.4 Å². The Bertz CT molecular complexity index is 659. The maximum Gasteiger partial charge on any atom is 0.342 e. The van der Waals surface area contributed by atoms with Gasteiger partial charge in [-0.15, -0.1) is 0 Å². The van der Waals surface area contributed by atoms with Gasteiger partial charge in [0.1, 0.15) is 5.56 Å². The van der Waals surface area contributed by atoms with Gasteiger partial charge in [-0.1, -0.05) is 6.07 Å². The highest BCUT2D eigenvalue weighted by Gasteiger charge is 2.16. The number of esters is 1. The topological polar surface area (TPSA) is 74.3 Å². The van der Waals surface area contributed by atoms with E-state index in [0.29, 0.717) is 11.2 Å². The van der Waals surface area contributed by atoms with Gasteiger partial charge in [-0.25, -0.2) is 4.79 Å². The summed E-state index contributed by atoms with van der Waals surface area (Å²) < 4.78 is 6.07. The van der Waals surface area contributed by atoms with Gasteiger partial charge in [0.2, 0.25) is 0 Å². The molecule has 0 atom stereocenters. The van der Waals surface area contributed by atoms with E-state index >= 15 is 0 Å². The second kappa shape index (κ2) is 3.93. The van der Waals surface area contributed by atoms with Crippen LogP contribution in [0.2, 0.25) is 0 Å². The van der Waals surface area contributed by atoms with E-state index in [0.717, 1.165) is 5.39 Å². The normalized spacial score (nSPS) is 10.5. The number of hydrogen-bond acceptors (Lipinski definition) is 4. The quantitative estimate of drug-likeness (QED) is 0.585. The van der Waals surface area contributed by atoms with Crippen molar-refractivity contribution in [2.75, 3.05) is 12.8 Å². The minimum absolute atomic E-state index is 0.201. The fourth-order valence-electron chi connectivity index (χ4n) is 1.82. The third kappa shape index (κ3) is 1.65. The second-order valence-corrected chi connectivity index (χ2v) is 3.69. The molecule has 2 N–H and O–H groups in total. The van der Waals surface area contributed by atoms with Crippen LogP contribution in [-0.2, 0) is 11.8 Å². The number of anilines is 1. The summed E-state index contributed by atoms with van der Waals surface area (Å²) in [5, 5.41) is 0.765. The molecule has 2 aromatic rings. The van der Waals surface area contributed by atoms with Crippen molar-refractivity contribution in [2.24, 2.45) is 7.05 Å². The molecule has 0 aliphatic rings. The Balaban J connectivity index is 2.98. The molecule has 0 fully saturated rings. The summed E-state index contributed by atoms with van der Waals surface area (Å²) in [7, 11) is 2.87. The molecule has 5 nitrogen and oxygen atoms in total. The van der Waals surface area contributed by atoms with Crippen molar-refractivity contribution < 1.29 is 9.53 Å². The number of benzene rings is 1. The first-order valence-corrected chi connectivity index (χ1v) is 5.03. The van der Waals surface area contributed by atoms with Crippen LogP contribution < -0.4 is 11.3 Å². The van der Waals surface area contributed by atoms with E-state index in [1.807, 2.05) is 0 Å². The summed E-state index contributed by atoms with van der Waals surface area (Å²) in [5.74, 6) is -0.547. The van der Waals surface area contributed by atoms with Crippen molar-refractivity contribution in [2.45, 2.75) is 0 Å². The van der Waals surface area contributed by atoms with Crippen LogP contribution in [0.1, 0.15) is 10.4 Å². The van der Waals surface area contributed by atoms with Crippen LogP contribution in [0.5, 0.6) is 0 Å². The average molecular weight is 232 g/mol. The predicted molar refractivity (Wildman–Crippen MR) is 64.9 cm³/mol. The fourth-order valence-corrected chi connectivity index (χ4v) is 1.82. The molecule has 17 heavy (non-hydrogen) atoms. The smallest absolute Gasteiger partial charge is 0.342 e. The highest BCUT2D eigenvalue weighted by molar-refractivity contribution is 6.07. The number of ether oxygens (including phenoxy) is 1. The van der Waals surface area contributed by atoms with Crippen molar-refractivity contribution in [1.82, 2.24) is 4.57 Å². The van der Waals surface area contributed by atoms with E-state index in [9.17, 15) is 9.59 Å². The minimum atomic E-state index is -0.547. The van der Waals surface area contributed by atoms with Crippen LogP contribution in [-0.4, -0.2) is 17.6 Å². The van der Waals surface area contributed by atoms with Crippen molar-refractivity contribution >= 4 is 22.6 Å². The van der Waals surface area contributed by atoms with Crippen LogP contribution in [0.15, 0.2) is 29.1 Å². The van der Waals surface area contributed by atoms with Gasteiger partial charge >= 0.3 is 5.97 Å². The standard InChI is InChI=1S/C12H12N2O3/c1-14-9(15)6-4-7-3-5-8(13)10(11(7)14)12(16)17-2/h3-6H,13H2,1-2H3. The molecule has 0 unspecified atom stereocenters. The number of nitrogens with two attached hydrogens (primary N) is 1. The molecule has 0 aliphatic heterocycles. The van der Waals surface area contributed by atoms with Crippen LogP contribution >= 0.6 is 0 Å². The average Bonchev–Trinajstić information content (AvgIpc) is 2.33. The lowest BCUT2D eigenvalue weighted by Gasteiger charge is -2.11. The number of nitrogens with zero attached hydrogens (tertiary/aromatic N) is 1. The summed E-state index contributed by atoms with van der Waals surface area (Å²) in [5.41, 5.74) is 6.58. The summed E-state index contributed by atoms with van der Waals surface area (Å²) in [4.78, 5) is 23.3. The number of rotatable bonds is 1. The summed E-state index contributed by atoms with van der Waals surface area (Å²) >= 11 is 0. The Kier molecular flexibility index (Phi) is 2.59. The molecule has 0 saturated carbocycles. The molecule has 0 saturated heterocycles. The van der Waals surface area contributed by atoms with Gasteiger partial charge in [0.05, 0.1) is 12.6 Å². The number of nitrogen functional groups attached to an aromatic ring is 1. The number of hydrogen-bond donors (Lipinski definition) is 1. The van der Waals surface area contributed by atoms with Crippen molar-refractivity contribution in [3.8, 4) is 0 Å². The minimum Gasteiger partial charge on any atom is -0.465 e. The molecule has 1 aromatic carbocycles. The van der Waals surface area contributed by atoms with E-state index in [1.165, 1.54) is 17.7 Å². The number of methoxy groups -OCH3 is 1. The van der Waals surface area contributed by atoms with Gasteiger partial charge in [0.15, 0.2) is 0 Å². The SMILES string of the molecule is COC(=O)c1c(N)ccc2ccc(=O)n(C)c12. The second-order valence-electron chi connectivity index (χ2n) is 3.69. The fraction of sp³-hybridized carbons (Fsp3) is 0.167. The highest BCUT2D eigenvalue weighted by Crippen LogP contribution is 2.23. The predicted octanol–water partition coefficient (Wildman–Crippen LogP) is 0.907. The molecule has 1 heterocycles. The van der Waals surface area contributed by atoms with Gasteiger partial charge < -0.3 is 15.0 Å². The molecule has 1 aromatic heterocycles. The molecule has 0 aliphatic carbocycles. The molecule has 0 amide bonds. The highest BCUT2D eigenvalue weighted by atomic mass is 16.5. The van der Waals surface area contributed by atoms with Crippen LogP contribution in [0.25, 0.3) is 10.9 Å². The van der Waals surface area contributed by atoms with Gasteiger partial charge in [-0.05, 0) is 17.5 Å². The van der Waals surface area contributed by atoms with E-state index < -0.39 is 5.97 Å². The van der Waals surface area contributed by atoms with Crippen LogP contribution in [0.3, 0.4) is 0 Å². The molecule has 88 valence electrons. The van der Waals surface area contributed by atoms with Gasteiger partial charge in [-0.2, -0.15) is 0 Å². The molecular weight excluding hydrogens is 220 g/mol. The lowest BCUT2D eigenvalue weighted by atomic mass is 10.1. The zero-order valence-corrected chi connectivity index (χ0v) is 9.56. The van der Waals surface area contributed by atoms with E-state index in [4.69, 9.17) is 5.73 Å². The van der Waals surface area contributed by atoms with E-state index in [2.05, 4.69) is 4.74 Å². The first kappa shape index (κ1) is 11.2. The largest absolute Gasteiger partial charge is 0.465 e. The molecule has 0 spiro atoms.